The highest BCUT2D eigenvalue weighted by atomic mass is 32.1. The van der Waals surface area contributed by atoms with Gasteiger partial charge in [-0.3, -0.25) is 4.79 Å². The Kier molecular flexibility index (Phi) is 2.29. The zero-order valence-corrected chi connectivity index (χ0v) is 7.71. The van der Waals surface area contributed by atoms with Crippen molar-refractivity contribution in [1.29, 1.82) is 0 Å². The van der Waals surface area contributed by atoms with Crippen LogP contribution in [0.2, 0.25) is 0 Å². The molecular weight excluding hydrogens is 158 g/mol. The topological polar surface area (TPSA) is 29.1 Å². The Morgan fingerprint density at radius 3 is 2.55 bits per heavy atom. The molecule has 1 amide bonds. The summed E-state index contributed by atoms with van der Waals surface area (Å²) in [4.78, 5) is 13.1. The van der Waals surface area contributed by atoms with Gasteiger partial charge in [-0.1, -0.05) is 0 Å². The average Bonchev–Trinajstić information content (AvgIpc) is 2.09. The maximum atomic E-state index is 10.7. The molecule has 11 heavy (non-hydrogen) atoms. The van der Waals surface area contributed by atoms with E-state index < -0.39 is 0 Å². The van der Waals surface area contributed by atoms with Crippen molar-refractivity contribution in [3.05, 3.63) is 15.8 Å². The van der Waals surface area contributed by atoms with Crippen LogP contribution in [0.5, 0.6) is 0 Å². The molecule has 0 aliphatic carbocycles. The summed E-state index contributed by atoms with van der Waals surface area (Å²) in [5.74, 6) is -0.00843. The molecule has 0 aliphatic rings. The van der Waals surface area contributed by atoms with Crippen LogP contribution in [-0.2, 0) is 4.79 Å². The number of anilines is 1. The molecule has 1 aromatic rings. The molecule has 0 saturated heterocycles. The van der Waals surface area contributed by atoms with Crippen LogP contribution >= 0.6 is 11.3 Å². The fourth-order valence-corrected chi connectivity index (χ4v) is 1.82. The molecule has 1 N–H and O–H groups in total. The smallest absolute Gasteiger partial charge is 0.221 e. The third-order valence-corrected chi connectivity index (χ3v) is 2.32. The van der Waals surface area contributed by atoms with Crippen molar-refractivity contribution in [2.24, 2.45) is 0 Å². The summed E-state index contributed by atoms with van der Waals surface area (Å²) in [6.45, 7) is 5.55. The van der Waals surface area contributed by atoms with E-state index in [1.54, 1.807) is 11.3 Å². The number of aryl methyl sites for hydroxylation is 2. The van der Waals surface area contributed by atoms with Gasteiger partial charge in [-0.25, -0.2) is 0 Å². The molecule has 0 saturated carbocycles. The van der Waals surface area contributed by atoms with Gasteiger partial charge in [-0.05, 0) is 19.9 Å². The number of hydrogen-bond acceptors (Lipinski definition) is 2. The Morgan fingerprint density at radius 1 is 1.55 bits per heavy atom. The van der Waals surface area contributed by atoms with E-state index in [0.29, 0.717) is 0 Å². The van der Waals surface area contributed by atoms with Crippen LogP contribution in [0.1, 0.15) is 16.7 Å². The third kappa shape index (κ3) is 2.05. The van der Waals surface area contributed by atoms with E-state index in [-0.39, 0.29) is 5.91 Å². The molecule has 0 unspecified atom stereocenters. The van der Waals surface area contributed by atoms with Gasteiger partial charge >= 0.3 is 0 Å². The van der Waals surface area contributed by atoms with Gasteiger partial charge in [0, 0.05) is 16.7 Å². The summed E-state index contributed by atoms with van der Waals surface area (Å²) < 4.78 is 0. The Hall–Kier alpha value is -0.830. The SMILES string of the molecule is CC(=O)Nc1cc(C)sc1C. The maximum Gasteiger partial charge on any atom is 0.221 e. The second-order valence-electron chi connectivity index (χ2n) is 2.51. The van der Waals surface area contributed by atoms with Crippen LogP contribution in [0.15, 0.2) is 6.07 Å². The predicted molar refractivity (Wildman–Crippen MR) is 48.1 cm³/mol. The fourth-order valence-electron chi connectivity index (χ4n) is 0.945. The summed E-state index contributed by atoms with van der Waals surface area (Å²) in [6, 6.07) is 1.99. The molecule has 2 nitrogen and oxygen atoms in total. The number of nitrogens with one attached hydrogen (secondary N) is 1. The van der Waals surface area contributed by atoms with Gasteiger partial charge in [0.2, 0.25) is 5.91 Å². The highest BCUT2D eigenvalue weighted by molar-refractivity contribution is 7.12. The summed E-state index contributed by atoms with van der Waals surface area (Å²) in [7, 11) is 0. The van der Waals surface area contributed by atoms with E-state index in [0.717, 1.165) is 10.6 Å². The second-order valence-corrected chi connectivity index (χ2v) is 3.97. The molecule has 60 valence electrons. The van der Waals surface area contributed by atoms with Crippen molar-refractivity contribution in [2.45, 2.75) is 20.8 Å². The van der Waals surface area contributed by atoms with Crippen LogP contribution < -0.4 is 5.32 Å². The number of rotatable bonds is 1. The van der Waals surface area contributed by atoms with Gasteiger partial charge in [0.15, 0.2) is 0 Å². The Morgan fingerprint density at radius 2 is 2.18 bits per heavy atom. The summed E-state index contributed by atoms with van der Waals surface area (Å²) in [5.41, 5.74) is 0.944. The van der Waals surface area contributed by atoms with Crippen molar-refractivity contribution in [3.8, 4) is 0 Å². The Balaban J connectivity index is 2.85. The van der Waals surface area contributed by atoms with Gasteiger partial charge < -0.3 is 5.32 Å². The molecule has 0 spiro atoms. The number of carbonyl (C=O) groups excluding carboxylic acids is 1. The van der Waals surface area contributed by atoms with E-state index in [9.17, 15) is 4.79 Å². The lowest BCUT2D eigenvalue weighted by Crippen LogP contribution is -2.05. The lowest BCUT2D eigenvalue weighted by Gasteiger charge is -1.97. The number of hydrogen-bond donors (Lipinski definition) is 1. The zero-order valence-electron chi connectivity index (χ0n) is 6.89. The molecule has 0 fully saturated rings. The molecule has 0 aromatic carbocycles. The van der Waals surface area contributed by atoms with Crippen LogP contribution in [0.3, 0.4) is 0 Å². The number of thiophene rings is 1. The highest BCUT2D eigenvalue weighted by Crippen LogP contribution is 2.24. The summed E-state index contributed by atoms with van der Waals surface area (Å²) in [5, 5.41) is 2.77. The first-order chi connectivity index (χ1) is 5.09. The normalized spacial score (nSPS) is 9.73. The Bertz CT molecular complexity index is 278. The molecule has 1 aromatic heterocycles. The Labute approximate surface area is 70.2 Å². The molecule has 0 bridgehead atoms. The first kappa shape index (κ1) is 8.27. The minimum absolute atomic E-state index is 0.00843. The third-order valence-electron chi connectivity index (χ3n) is 1.35. The van der Waals surface area contributed by atoms with Crippen molar-refractivity contribution < 1.29 is 4.79 Å². The van der Waals surface area contributed by atoms with E-state index in [2.05, 4.69) is 5.32 Å². The van der Waals surface area contributed by atoms with Crippen molar-refractivity contribution in [3.63, 3.8) is 0 Å². The van der Waals surface area contributed by atoms with Crippen LogP contribution in [0.4, 0.5) is 5.69 Å². The molecule has 0 atom stereocenters. The minimum Gasteiger partial charge on any atom is -0.325 e. The standard InChI is InChI=1S/C8H11NOS/c1-5-4-8(6(2)11-5)9-7(3)10/h4H,1-3H3,(H,9,10). The molecule has 0 radical (unpaired) electrons. The molecular formula is C8H11NOS. The first-order valence-corrected chi connectivity index (χ1v) is 4.26. The van der Waals surface area contributed by atoms with Gasteiger partial charge in [0.25, 0.3) is 0 Å². The van der Waals surface area contributed by atoms with Crippen molar-refractivity contribution >= 4 is 22.9 Å². The summed E-state index contributed by atoms with van der Waals surface area (Å²) >= 11 is 1.70. The molecule has 0 aliphatic heterocycles. The zero-order chi connectivity index (χ0) is 8.43. The minimum atomic E-state index is -0.00843. The number of amides is 1. The van der Waals surface area contributed by atoms with Gasteiger partial charge in [0.05, 0.1) is 5.69 Å². The average molecular weight is 169 g/mol. The monoisotopic (exact) mass is 169 g/mol. The van der Waals surface area contributed by atoms with Crippen LogP contribution in [-0.4, -0.2) is 5.91 Å². The second kappa shape index (κ2) is 3.05. The number of carbonyl (C=O) groups is 1. The lowest BCUT2D eigenvalue weighted by atomic mass is 10.4. The van der Waals surface area contributed by atoms with E-state index >= 15 is 0 Å². The summed E-state index contributed by atoms with van der Waals surface area (Å²) in [6.07, 6.45) is 0. The van der Waals surface area contributed by atoms with Crippen LogP contribution in [0, 0.1) is 13.8 Å². The van der Waals surface area contributed by atoms with Crippen molar-refractivity contribution in [1.82, 2.24) is 0 Å². The predicted octanol–water partition coefficient (Wildman–Crippen LogP) is 2.32. The largest absolute Gasteiger partial charge is 0.325 e. The van der Waals surface area contributed by atoms with Crippen LogP contribution in [0.25, 0.3) is 0 Å². The molecule has 1 heterocycles. The van der Waals surface area contributed by atoms with E-state index in [1.165, 1.54) is 11.8 Å². The van der Waals surface area contributed by atoms with Gasteiger partial charge in [0.1, 0.15) is 0 Å². The fraction of sp³-hybridized carbons (Fsp3) is 0.375. The quantitative estimate of drug-likeness (QED) is 0.686. The van der Waals surface area contributed by atoms with Gasteiger partial charge in [-0.2, -0.15) is 0 Å². The molecule has 1 rings (SSSR count). The highest BCUT2D eigenvalue weighted by Gasteiger charge is 2.02. The maximum absolute atomic E-state index is 10.7. The van der Waals surface area contributed by atoms with Gasteiger partial charge in [-0.15, -0.1) is 11.3 Å². The first-order valence-electron chi connectivity index (χ1n) is 3.44. The van der Waals surface area contributed by atoms with E-state index in [1.807, 2.05) is 19.9 Å². The van der Waals surface area contributed by atoms with Crippen molar-refractivity contribution in [2.75, 3.05) is 5.32 Å². The molecule has 3 heteroatoms. The lowest BCUT2D eigenvalue weighted by molar-refractivity contribution is -0.114. The van der Waals surface area contributed by atoms with E-state index in [4.69, 9.17) is 0 Å².